The first-order valence-electron chi connectivity index (χ1n) is 7.43. The van der Waals surface area contributed by atoms with Gasteiger partial charge in [0.15, 0.2) is 0 Å². The molecule has 2 aliphatic heterocycles. The molecule has 2 aliphatic rings. The molecule has 2 N–H and O–H groups in total. The Hall–Kier alpha value is -1.30. The van der Waals surface area contributed by atoms with E-state index in [1.165, 1.54) is 0 Å². The molecule has 2 rings (SSSR count). The Morgan fingerprint density at radius 3 is 2.65 bits per heavy atom. The van der Waals surface area contributed by atoms with Gasteiger partial charge in [0, 0.05) is 32.3 Å². The van der Waals surface area contributed by atoms with Gasteiger partial charge < -0.3 is 20.0 Å². The van der Waals surface area contributed by atoms with E-state index in [4.69, 9.17) is 10.2 Å². The molecule has 0 aromatic rings. The van der Waals surface area contributed by atoms with Crippen LogP contribution in [0.1, 0.15) is 32.6 Å². The normalized spacial score (nSPS) is 30.0. The third-order valence-corrected chi connectivity index (χ3v) is 4.52. The zero-order valence-electron chi connectivity index (χ0n) is 12.0. The molecular formula is C14H24N2O4. The summed E-state index contributed by atoms with van der Waals surface area (Å²) in [6, 6.07) is 0.176. The summed E-state index contributed by atoms with van der Waals surface area (Å²) >= 11 is 0. The summed E-state index contributed by atoms with van der Waals surface area (Å²) in [5.74, 6) is -1.25. The minimum absolute atomic E-state index is 0.00921. The van der Waals surface area contributed by atoms with Gasteiger partial charge in [0.2, 0.25) is 0 Å². The van der Waals surface area contributed by atoms with Crippen LogP contribution in [0.3, 0.4) is 0 Å². The number of likely N-dealkylation sites (tertiary alicyclic amines) is 2. The number of hydrogen-bond acceptors (Lipinski definition) is 3. The van der Waals surface area contributed by atoms with Gasteiger partial charge in [0.05, 0.1) is 5.92 Å². The highest BCUT2D eigenvalue weighted by Crippen LogP contribution is 2.28. The lowest BCUT2D eigenvalue weighted by atomic mass is 9.99. The number of carboxylic acid groups (broad SMARTS) is 1. The second kappa shape index (κ2) is 6.43. The van der Waals surface area contributed by atoms with Crippen molar-refractivity contribution in [1.29, 1.82) is 0 Å². The van der Waals surface area contributed by atoms with Crippen molar-refractivity contribution in [1.82, 2.24) is 9.80 Å². The molecule has 2 heterocycles. The Balaban J connectivity index is 1.95. The van der Waals surface area contributed by atoms with Gasteiger partial charge in [0.25, 0.3) is 0 Å². The van der Waals surface area contributed by atoms with Crippen LogP contribution in [-0.2, 0) is 4.79 Å². The highest BCUT2D eigenvalue weighted by Gasteiger charge is 2.40. The lowest BCUT2D eigenvalue weighted by Gasteiger charge is -2.29. The zero-order chi connectivity index (χ0) is 14.7. The molecule has 0 bridgehead atoms. The van der Waals surface area contributed by atoms with Gasteiger partial charge in [-0.1, -0.05) is 6.92 Å². The van der Waals surface area contributed by atoms with Gasteiger partial charge in [-0.3, -0.25) is 4.79 Å². The van der Waals surface area contributed by atoms with Gasteiger partial charge in [-0.2, -0.15) is 0 Å². The van der Waals surface area contributed by atoms with Gasteiger partial charge in [-0.25, -0.2) is 4.79 Å². The Kier molecular flexibility index (Phi) is 4.86. The number of aliphatic hydroxyl groups is 1. The van der Waals surface area contributed by atoms with E-state index in [0.29, 0.717) is 19.5 Å². The van der Waals surface area contributed by atoms with Gasteiger partial charge in [-0.05, 0) is 31.6 Å². The van der Waals surface area contributed by atoms with Gasteiger partial charge in [0.1, 0.15) is 0 Å². The fourth-order valence-corrected chi connectivity index (χ4v) is 3.34. The number of carbonyl (C=O) groups excluding carboxylic acids is 1. The number of urea groups is 1. The Bertz CT molecular complexity index is 374. The van der Waals surface area contributed by atoms with E-state index in [2.05, 4.69) is 0 Å². The van der Waals surface area contributed by atoms with Crippen molar-refractivity contribution in [2.75, 3.05) is 26.2 Å². The minimum Gasteiger partial charge on any atom is -0.481 e. The van der Waals surface area contributed by atoms with E-state index in [1.54, 1.807) is 4.90 Å². The standard InChI is InChI=1S/C14H24N2O4/c1-10-8-15(9-12(10)13(18)19)14(20)16-6-2-4-11(16)5-3-7-17/h10-12,17H,2-9H2,1H3,(H,18,19). The monoisotopic (exact) mass is 284 g/mol. The van der Waals surface area contributed by atoms with E-state index >= 15 is 0 Å². The summed E-state index contributed by atoms with van der Waals surface area (Å²) in [7, 11) is 0. The number of carbonyl (C=O) groups is 2. The van der Waals surface area contributed by atoms with Crippen molar-refractivity contribution in [3.05, 3.63) is 0 Å². The fourth-order valence-electron chi connectivity index (χ4n) is 3.34. The van der Waals surface area contributed by atoms with Crippen molar-refractivity contribution in [2.45, 2.75) is 38.6 Å². The predicted octanol–water partition coefficient (Wildman–Crippen LogP) is 0.996. The van der Waals surface area contributed by atoms with Crippen LogP contribution in [0.25, 0.3) is 0 Å². The average molecular weight is 284 g/mol. The number of nitrogens with zero attached hydrogens (tertiary/aromatic N) is 2. The van der Waals surface area contributed by atoms with Crippen LogP contribution in [-0.4, -0.2) is 64.3 Å². The predicted molar refractivity (Wildman–Crippen MR) is 73.3 cm³/mol. The molecular weight excluding hydrogens is 260 g/mol. The van der Waals surface area contributed by atoms with Crippen LogP contribution in [0.2, 0.25) is 0 Å². The number of hydrogen-bond donors (Lipinski definition) is 2. The lowest BCUT2D eigenvalue weighted by molar-refractivity contribution is -0.142. The molecule has 6 nitrogen and oxygen atoms in total. The highest BCUT2D eigenvalue weighted by molar-refractivity contribution is 5.78. The van der Waals surface area contributed by atoms with Crippen molar-refractivity contribution in [3.63, 3.8) is 0 Å². The molecule has 114 valence electrons. The first kappa shape index (κ1) is 15.1. The first-order chi connectivity index (χ1) is 9.54. The molecule has 0 saturated carbocycles. The summed E-state index contributed by atoms with van der Waals surface area (Å²) in [6.07, 6.45) is 3.52. The summed E-state index contributed by atoms with van der Waals surface area (Å²) in [5.41, 5.74) is 0. The molecule has 20 heavy (non-hydrogen) atoms. The van der Waals surface area contributed by atoms with E-state index in [-0.39, 0.29) is 24.6 Å². The van der Waals surface area contributed by atoms with Crippen molar-refractivity contribution >= 4 is 12.0 Å². The number of carboxylic acids is 1. The van der Waals surface area contributed by atoms with Crippen LogP contribution >= 0.6 is 0 Å². The molecule has 3 unspecified atom stereocenters. The SMILES string of the molecule is CC1CN(C(=O)N2CCCC2CCCO)CC1C(=O)O. The van der Waals surface area contributed by atoms with Crippen LogP contribution in [0, 0.1) is 11.8 Å². The molecule has 2 fully saturated rings. The summed E-state index contributed by atoms with van der Waals surface area (Å²) in [6.45, 7) is 3.63. The van der Waals surface area contributed by atoms with Crippen LogP contribution < -0.4 is 0 Å². The third kappa shape index (κ3) is 3.06. The van der Waals surface area contributed by atoms with E-state index in [0.717, 1.165) is 25.8 Å². The Morgan fingerprint density at radius 2 is 2.05 bits per heavy atom. The Morgan fingerprint density at radius 1 is 1.30 bits per heavy atom. The third-order valence-electron chi connectivity index (χ3n) is 4.52. The van der Waals surface area contributed by atoms with E-state index in [1.807, 2.05) is 11.8 Å². The fraction of sp³-hybridized carbons (Fsp3) is 0.857. The molecule has 2 saturated heterocycles. The number of aliphatic hydroxyl groups excluding tert-OH is 1. The summed E-state index contributed by atoms with van der Waals surface area (Å²) in [5, 5.41) is 18.1. The maximum Gasteiger partial charge on any atom is 0.320 e. The first-order valence-corrected chi connectivity index (χ1v) is 7.43. The maximum absolute atomic E-state index is 12.5. The van der Waals surface area contributed by atoms with Crippen LogP contribution in [0.15, 0.2) is 0 Å². The van der Waals surface area contributed by atoms with E-state index < -0.39 is 11.9 Å². The second-order valence-electron chi connectivity index (χ2n) is 5.96. The largest absolute Gasteiger partial charge is 0.481 e. The van der Waals surface area contributed by atoms with Crippen molar-refractivity contribution in [2.24, 2.45) is 11.8 Å². The number of rotatable bonds is 4. The maximum atomic E-state index is 12.5. The molecule has 0 aromatic carbocycles. The molecule has 0 aromatic heterocycles. The quantitative estimate of drug-likeness (QED) is 0.807. The second-order valence-corrected chi connectivity index (χ2v) is 5.96. The Labute approximate surface area is 119 Å². The summed E-state index contributed by atoms with van der Waals surface area (Å²) in [4.78, 5) is 27.2. The topological polar surface area (TPSA) is 81.1 Å². The molecule has 6 heteroatoms. The van der Waals surface area contributed by atoms with Crippen molar-refractivity contribution in [3.8, 4) is 0 Å². The van der Waals surface area contributed by atoms with Crippen LogP contribution in [0.4, 0.5) is 4.79 Å². The average Bonchev–Trinajstić information content (AvgIpc) is 3.01. The molecule has 0 aliphatic carbocycles. The highest BCUT2D eigenvalue weighted by atomic mass is 16.4. The molecule has 2 amide bonds. The number of amides is 2. The summed E-state index contributed by atoms with van der Waals surface area (Å²) < 4.78 is 0. The van der Waals surface area contributed by atoms with Gasteiger partial charge in [-0.15, -0.1) is 0 Å². The molecule has 0 spiro atoms. The van der Waals surface area contributed by atoms with Crippen molar-refractivity contribution < 1.29 is 19.8 Å². The van der Waals surface area contributed by atoms with E-state index in [9.17, 15) is 9.59 Å². The zero-order valence-corrected chi connectivity index (χ0v) is 12.0. The minimum atomic E-state index is -0.814. The van der Waals surface area contributed by atoms with Crippen LogP contribution in [0.5, 0.6) is 0 Å². The smallest absolute Gasteiger partial charge is 0.320 e. The number of aliphatic carboxylic acids is 1. The lowest BCUT2D eigenvalue weighted by Crippen LogP contribution is -2.45. The molecule has 0 radical (unpaired) electrons. The van der Waals surface area contributed by atoms with Gasteiger partial charge >= 0.3 is 12.0 Å². The molecule has 3 atom stereocenters.